The molecule has 0 aromatic carbocycles. The number of ether oxygens (including phenoxy) is 4. The summed E-state index contributed by atoms with van der Waals surface area (Å²) in [5, 5.41) is 0.354. The molecule has 0 heterocycles. The topological polar surface area (TPSA) is 71.1 Å². The van der Waals surface area contributed by atoms with E-state index in [1.807, 2.05) is 0 Å². The first-order chi connectivity index (χ1) is 11.2. The number of rotatable bonds is 10. The average molecular weight is 405 g/mol. The van der Waals surface area contributed by atoms with Crippen LogP contribution in [0.3, 0.4) is 0 Å². The van der Waals surface area contributed by atoms with Gasteiger partial charge in [0.2, 0.25) is 12.0 Å². The minimum Gasteiger partial charge on any atom is -0.460 e. The Morgan fingerprint density at radius 3 is 2.46 bits per heavy atom. The van der Waals surface area contributed by atoms with Gasteiger partial charge in [0.15, 0.2) is 0 Å². The highest BCUT2D eigenvalue weighted by atomic mass is 79.9. The summed E-state index contributed by atoms with van der Waals surface area (Å²) in [6, 6.07) is 0. The quantitative estimate of drug-likeness (QED) is 0.139. The number of esters is 2. The minimum atomic E-state index is -0.679. The maximum Gasteiger partial charge on any atom is 0.373 e. The fourth-order valence-electron chi connectivity index (χ4n) is 1.30. The van der Waals surface area contributed by atoms with Crippen LogP contribution < -0.4 is 0 Å². The van der Waals surface area contributed by atoms with E-state index in [0.717, 1.165) is 0 Å². The molecule has 0 N–H and O–H groups in total. The fraction of sp³-hybridized carbons (Fsp3) is 0.529. The molecule has 0 aliphatic carbocycles. The molecule has 0 aromatic rings. The van der Waals surface area contributed by atoms with E-state index in [0.29, 0.717) is 5.33 Å². The molecule has 0 unspecified atom stereocenters. The molecular weight excluding hydrogens is 380 g/mol. The number of alkyl halides is 1. The van der Waals surface area contributed by atoms with Crippen molar-refractivity contribution in [1.82, 2.24) is 0 Å². The Morgan fingerprint density at radius 1 is 1.25 bits per heavy atom. The first-order valence-corrected chi connectivity index (χ1v) is 8.58. The molecule has 0 spiro atoms. The summed E-state index contributed by atoms with van der Waals surface area (Å²) >= 11 is 3.22. The van der Waals surface area contributed by atoms with Crippen LogP contribution in [-0.2, 0) is 28.5 Å². The third kappa shape index (κ3) is 11.9. The molecule has 0 saturated heterocycles. The van der Waals surface area contributed by atoms with Crippen LogP contribution in [0.5, 0.6) is 0 Å². The van der Waals surface area contributed by atoms with Crippen LogP contribution in [0.2, 0.25) is 0 Å². The second kappa shape index (κ2) is 11.9. The Hall–Kier alpha value is -1.60. The van der Waals surface area contributed by atoms with Crippen molar-refractivity contribution in [2.75, 3.05) is 18.5 Å². The predicted octanol–water partition coefficient (Wildman–Crippen LogP) is 3.27. The van der Waals surface area contributed by atoms with Gasteiger partial charge in [0.1, 0.15) is 5.60 Å². The van der Waals surface area contributed by atoms with Gasteiger partial charge in [0.25, 0.3) is 0 Å². The lowest BCUT2D eigenvalue weighted by atomic mass is 10.2. The van der Waals surface area contributed by atoms with Gasteiger partial charge in [-0.1, -0.05) is 34.2 Å². The highest BCUT2D eigenvalue weighted by Crippen LogP contribution is 2.08. The molecule has 0 aromatic heterocycles. The van der Waals surface area contributed by atoms with Crippen LogP contribution in [0.4, 0.5) is 0 Å². The third-order valence-corrected chi connectivity index (χ3v) is 2.70. The summed E-state index contributed by atoms with van der Waals surface area (Å²) in [5.41, 5.74) is -0.518. The van der Waals surface area contributed by atoms with Crippen LogP contribution >= 0.6 is 15.9 Å². The lowest BCUT2D eigenvalue weighted by Crippen LogP contribution is -2.22. The first-order valence-electron chi connectivity index (χ1n) is 7.46. The summed E-state index contributed by atoms with van der Waals surface area (Å²) in [6.07, 6.45) is 5.53. The van der Waals surface area contributed by atoms with Gasteiger partial charge < -0.3 is 18.9 Å². The second-order valence-corrected chi connectivity index (χ2v) is 6.15. The SMILES string of the molecule is C=C(O[C@H](CBr)OC/C=C/C=C/C(=O)OC(C)(C)C)C(=O)OCC. The van der Waals surface area contributed by atoms with Crippen molar-refractivity contribution >= 4 is 27.9 Å². The lowest BCUT2D eigenvalue weighted by molar-refractivity contribution is -0.151. The van der Waals surface area contributed by atoms with E-state index in [1.165, 1.54) is 6.08 Å². The molecule has 0 saturated carbocycles. The molecule has 136 valence electrons. The van der Waals surface area contributed by atoms with Crippen molar-refractivity contribution in [3.05, 3.63) is 36.6 Å². The third-order valence-electron chi connectivity index (χ3n) is 2.17. The molecule has 0 bridgehead atoms. The monoisotopic (exact) mass is 404 g/mol. The van der Waals surface area contributed by atoms with E-state index < -0.39 is 23.8 Å². The van der Waals surface area contributed by atoms with Crippen LogP contribution in [0.25, 0.3) is 0 Å². The van der Waals surface area contributed by atoms with Gasteiger partial charge in [0.05, 0.1) is 18.5 Å². The zero-order valence-corrected chi connectivity index (χ0v) is 16.1. The molecule has 0 amide bonds. The zero-order chi connectivity index (χ0) is 18.6. The molecule has 6 nitrogen and oxygen atoms in total. The Kier molecular flexibility index (Phi) is 11.1. The van der Waals surface area contributed by atoms with Gasteiger partial charge in [-0.2, -0.15) is 0 Å². The van der Waals surface area contributed by atoms with E-state index in [2.05, 4.69) is 22.5 Å². The Labute approximate surface area is 151 Å². The lowest BCUT2D eigenvalue weighted by Gasteiger charge is -2.17. The average Bonchev–Trinajstić information content (AvgIpc) is 2.47. The Bertz CT molecular complexity index is 476. The normalized spacial score (nSPS) is 13.0. The number of allylic oxidation sites excluding steroid dienone is 2. The maximum absolute atomic E-state index is 11.4. The molecule has 1 atom stereocenters. The van der Waals surface area contributed by atoms with Gasteiger partial charge in [-0.05, 0) is 34.3 Å². The van der Waals surface area contributed by atoms with E-state index >= 15 is 0 Å². The van der Waals surface area contributed by atoms with Gasteiger partial charge in [-0.15, -0.1) is 0 Å². The van der Waals surface area contributed by atoms with Crippen molar-refractivity contribution < 1.29 is 28.5 Å². The van der Waals surface area contributed by atoms with Gasteiger partial charge in [-0.3, -0.25) is 0 Å². The molecule has 0 radical (unpaired) electrons. The van der Waals surface area contributed by atoms with Crippen LogP contribution in [-0.4, -0.2) is 42.4 Å². The second-order valence-electron chi connectivity index (χ2n) is 5.50. The van der Waals surface area contributed by atoms with E-state index in [9.17, 15) is 9.59 Å². The molecule has 0 aliphatic heterocycles. The minimum absolute atomic E-state index is 0.116. The molecule has 0 rings (SSSR count). The summed E-state index contributed by atoms with van der Waals surface area (Å²) in [5.74, 6) is -1.15. The molecule has 0 aliphatic rings. The first kappa shape index (κ1) is 22.4. The van der Waals surface area contributed by atoms with Crippen LogP contribution in [0, 0.1) is 0 Å². The zero-order valence-electron chi connectivity index (χ0n) is 14.5. The molecule has 24 heavy (non-hydrogen) atoms. The molecular formula is C17H25BrO6. The number of carbonyl (C=O) groups excluding carboxylic acids is 2. The van der Waals surface area contributed by atoms with Crippen molar-refractivity contribution in [2.45, 2.75) is 39.6 Å². The fourth-order valence-corrected chi connectivity index (χ4v) is 1.61. The van der Waals surface area contributed by atoms with Crippen molar-refractivity contribution in [3.8, 4) is 0 Å². The smallest absolute Gasteiger partial charge is 0.373 e. The highest BCUT2D eigenvalue weighted by molar-refractivity contribution is 9.09. The summed E-state index contributed by atoms with van der Waals surface area (Å²) in [6.45, 7) is 11.0. The van der Waals surface area contributed by atoms with Crippen LogP contribution in [0.15, 0.2) is 36.6 Å². The Balaban J connectivity index is 4.16. The van der Waals surface area contributed by atoms with Crippen molar-refractivity contribution in [1.29, 1.82) is 0 Å². The summed E-state index contributed by atoms with van der Waals surface area (Å²) in [4.78, 5) is 22.8. The maximum atomic E-state index is 11.4. The van der Waals surface area contributed by atoms with E-state index in [-0.39, 0.29) is 19.0 Å². The van der Waals surface area contributed by atoms with Gasteiger partial charge in [-0.25, -0.2) is 9.59 Å². The highest BCUT2D eigenvalue weighted by Gasteiger charge is 2.16. The molecule has 0 fully saturated rings. The Morgan fingerprint density at radius 2 is 1.92 bits per heavy atom. The van der Waals surface area contributed by atoms with Crippen LogP contribution in [0.1, 0.15) is 27.7 Å². The summed E-state index contributed by atoms with van der Waals surface area (Å²) in [7, 11) is 0. The standard InChI is InChI=1S/C17H25BrO6/c1-6-21-16(20)13(2)23-15(12-18)22-11-9-7-8-10-14(19)24-17(3,4)5/h7-10,15H,2,6,11-12H2,1,3-5H3/b9-7+,10-8+/t15-/m1/s1. The molecule has 7 heteroatoms. The number of halogens is 1. The van der Waals surface area contributed by atoms with Gasteiger partial charge >= 0.3 is 11.9 Å². The number of hydrogen-bond donors (Lipinski definition) is 0. The van der Waals surface area contributed by atoms with Crippen molar-refractivity contribution in [3.63, 3.8) is 0 Å². The predicted molar refractivity (Wildman–Crippen MR) is 94.5 cm³/mol. The van der Waals surface area contributed by atoms with E-state index in [1.54, 1.807) is 45.9 Å². The van der Waals surface area contributed by atoms with Gasteiger partial charge in [0, 0.05) is 6.08 Å². The van der Waals surface area contributed by atoms with E-state index in [4.69, 9.17) is 18.9 Å². The number of hydrogen-bond acceptors (Lipinski definition) is 6. The van der Waals surface area contributed by atoms with Crippen molar-refractivity contribution in [2.24, 2.45) is 0 Å². The largest absolute Gasteiger partial charge is 0.460 e. The summed E-state index contributed by atoms with van der Waals surface area (Å²) < 4.78 is 20.5. The number of carbonyl (C=O) groups is 2.